The van der Waals surface area contributed by atoms with Crippen molar-refractivity contribution in [1.82, 2.24) is 10.2 Å². The maximum Gasteiger partial charge on any atom is 0.355 e. The average Bonchev–Trinajstić information content (AvgIpc) is 3.21. The number of para-hydroxylation sites is 1. The molecule has 1 fully saturated rings. The molecule has 5 rings (SSSR count). The van der Waals surface area contributed by atoms with Gasteiger partial charge in [-0.1, -0.05) is 48.5 Å². The maximum atomic E-state index is 13.0. The normalized spacial score (nSPS) is 25.1. The Kier molecular flexibility index (Phi) is 5.89. The summed E-state index contributed by atoms with van der Waals surface area (Å²) >= 11 is 1.34. The van der Waals surface area contributed by atoms with E-state index >= 15 is 0 Å². The Labute approximate surface area is 200 Å². The number of hydrogen-bond donors (Lipinski definition) is 2. The summed E-state index contributed by atoms with van der Waals surface area (Å²) in [6.07, 6.45) is 0.880. The maximum absolute atomic E-state index is 13.0. The summed E-state index contributed by atoms with van der Waals surface area (Å²) in [6.45, 7) is -0.248. The summed E-state index contributed by atoms with van der Waals surface area (Å²) in [5, 5.41) is 12.8. The Balaban J connectivity index is 1.36. The predicted molar refractivity (Wildman–Crippen MR) is 125 cm³/mol. The number of allylic oxidation sites excluding steroid dienone is 1. The Bertz CT molecular complexity index is 1200. The van der Waals surface area contributed by atoms with Crippen molar-refractivity contribution in [3.05, 3.63) is 83.6 Å². The van der Waals surface area contributed by atoms with Crippen molar-refractivity contribution in [3.8, 4) is 5.75 Å². The number of β-lactam (4-membered cyclic amide) rings is 1. The zero-order chi connectivity index (χ0) is 23.8. The number of methoxy groups -OCH3 is 1. The number of carbonyl (C=O) groups is 3. The minimum atomic E-state index is -0.877. The fraction of sp³-hybridized carbons (Fsp3) is 0.240. The highest BCUT2D eigenvalue weighted by molar-refractivity contribution is 8.01. The number of aliphatic hydroxyl groups is 1. The van der Waals surface area contributed by atoms with Gasteiger partial charge in [-0.2, -0.15) is 0 Å². The molecule has 1 aliphatic carbocycles. The van der Waals surface area contributed by atoms with Crippen LogP contribution >= 0.6 is 11.8 Å². The first-order chi connectivity index (χ1) is 16.5. The molecule has 2 aromatic rings. The molecule has 0 spiro atoms. The number of fused-ring (bicyclic) bond motifs is 2. The number of nitrogens with one attached hydrogen (secondary N) is 1. The van der Waals surface area contributed by atoms with Crippen LogP contribution in [0.15, 0.2) is 78.0 Å². The van der Waals surface area contributed by atoms with Crippen molar-refractivity contribution >= 4 is 35.1 Å². The van der Waals surface area contributed by atoms with Crippen LogP contribution in [0.5, 0.6) is 5.75 Å². The summed E-state index contributed by atoms with van der Waals surface area (Å²) in [6, 6.07) is 17.4. The minimum absolute atomic E-state index is 0.109. The van der Waals surface area contributed by atoms with Gasteiger partial charge in [-0.15, -0.1) is 11.8 Å². The molecule has 4 atom stereocenters. The Hall–Kier alpha value is -3.56. The lowest BCUT2D eigenvalue weighted by Gasteiger charge is -2.51. The first kappa shape index (κ1) is 22.2. The van der Waals surface area contributed by atoms with E-state index in [0.717, 1.165) is 5.56 Å². The SMILES string of the molecule is COC(=O)C1=C2C=C(c3ccccc3)C(O)[C@@H]2S[C@@H]2[C@H](NC(=O)COc3ccccc3)C(=O)N12. The van der Waals surface area contributed by atoms with Crippen molar-refractivity contribution in [3.63, 3.8) is 0 Å². The lowest BCUT2D eigenvalue weighted by Crippen LogP contribution is -2.71. The molecule has 3 aliphatic rings. The van der Waals surface area contributed by atoms with Crippen LogP contribution in [0.1, 0.15) is 5.56 Å². The van der Waals surface area contributed by atoms with Crippen LogP contribution in [0.25, 0.3) is 5.57 Å². The van der Waals surface area contributed by atoms with Crippen LogP contribution in [0.2, 0.25) is 0 Å². The van der Waals surface area contributed by atoms with Crippen molar-refractivity contribution in [2.45, 2.75) is 22.8 Å². The number of aliphatic hydroxyl groups excluding tert-OH is 1. The molecule has 0 saturated carbocycles. The van der Waals surface area contributed by atoms with Gasteiger partial charge >= 0.3 is 5.97 Å². The van der Waals surface area contributed by atoms with Crippen molar-refractivity contribution < 1.29 is 29.0 Å². The number of esters is 1. The predicted octanol–water partition coefficient (Wildman–Crippen LogP) is 1.72. The first-order valence-corrected chi connectivity index (χ1v) is 11.7. The van der Waals surface area contributed by atoms with E-state index in [1.807, 2.05) is 36.4 Å². The molecule has 174 valence electrons. The number of benzene rings is 2. The van der Waals surface area contributed by atoms with Crippen LogP contribution in [-0.4, -0.2) is 64.3 Å². The fourth-order valence-electron chi connectivity index (χ4n) is 4.36. The number of nitrogens with zero attached hydrogens (tertiary/aromatic N) is 1. The van der Waals surface area contributed by atoms with E-state index in [-0.39, 0.29) is 12.3 Å². The van der Waals surface area contributed by atoms with Gasteiger partial charge in [-0.05, 0) is 34.9 Å². The summed E-state index contributed by atoms with van der Waals surface area (Å²) in [7, 11) is 1.25. The average molecular weight is 479 g/mol. The van der Waals surface area contributed by atoms with Gasteiger partial charge in [0.05, 0.1) is 18.5 Å². The summed E-state index contributed by atoms with van der Waals surface area (Å²) < 4.78 is 10.4. The standard InChI is InChI=1S/C25H22N2O6S/c1-32-25(31)20-17-12-16(14-8-4-2-5-9-14)21(29)22(17)34-24-19(23(30)27(20)24)26-18(28)13-33-15-10-6-3-7-11-15/h2-12,19,21-22,24,29H,13H2,1H3,(H,26,28)/t19-,21?,22-,24-/m1/s1. The summed E-state index contributed by atoms with van der Waals surface area (Å²) in [4.78, 5) is 39.5. The zero-order valence-electron chi connectivity index (χ0n) is 18.2. The molecule has 34 heavy (non-hydrogen) atoms. The van der Waals surface area contributed by atoms with Crippen LogP contribution in [0, 0.1) is 0 Å². The third kappa shape index (κ3) is 3.76. The topological polar surface area (TPSA) is 105 Å². The van der Waals surface area contributed by atoms with E-state index in [4.69, 9.17) is 9.47 Å². The molecule has 2 aromatic carbocycles. The van der Waals surface area contributed by atoms with Gasteiger partial charge in [0.25, 0.3) is 11.8 Å². The number of thioether (sulfide) groups is 1. The van der Waals surface area contributed by atoms with E-state index < -0.39 is 40.6 Å². The lowest BCUT2D eigenvalue weighted by molar-refractivity contribution is -0.152. The van der Waals surface area contributed by atoms with Crippen LogP contribution in [0.4, 0.5) is 0 Å². The van der Waals surface area contributed by atoms with Gasteiger partial charge in [-0.25, -0.2) is 4.79 Å². The highest BCUT2D eigenvalue weighted by Gasteiger charge is 2.58. The third-order valence-corrected chi connectivity index (χ3v) is 7.55. The summed E-state index contributed by atoms with van der Waals surface area (Å²) in [5.74, 6) is -0.978. The Morgan fingerprint density at radius 1 is 1.09 bits per heavy atom. The third-order valence-electron chi connectivity index (χ3n) is 5.98. The second-order valence-electron chi connectivity index (χ2n) is 8.01. The first-order valence-electron chi connectivity index (χ1n) is 10.7. The van der Waals surface area contributed by atoms with E-state index in [2.05, 4.69) is 5.32 Å². The Morgan fingerprint density at radius 2 is 1.76 bits per heavy atom. The van der Waals surface area contributed by atoms with Gasteiger partial charge in [0.2, 0.25) is 0 Å². The van der Waals surface area contributed by atoms with Crippen molar-refractivity contribution in [2.75, 3.05) is 13.7 Å². The largest absolute Gasteiger partial charge is 0.484 e. The van der Waals surface area contributed by atoms with Crippen LogP contribution < -0.4 is 10.1 Å². The van der Waals surface area contributed by atoms with E-state index in [1.54, 1.807) is 30.3 Å². The fourth-order valence-corrected chi connectivity index (χ4v) is 5.96. The number of rotatable bonds is 6. The monoisotopic (exact) mass is 478 g/mol. The molecule has 0 radical (unpaired) electrons. The number of ether oxygens (including phenoxy) is 2. The molecule has 8 nitrogen and oxygen atoms in total. The van der Waals surface area contributed by atoms with Gasteiger partial charge in [-0.3, -0.25) is 14.5 Å². The second-order valence-corrected chi connectivity index (χ2v) is 9.27. The highest BCUT2D eigenvalue weighted by atomic mass is 32.2. The molecule has 1 saturated heterocycles. The van der Waals surface area contributed by atoms with Crippen LogP contribution in [-0.2, 0) is 19.1 Å². The molecular weight excluding hydrogens is 456 g/mol. The molecule has 2 heterocycles. The second kappa shape index (κ2) is 9.00. The molecule has 9 heteroatoms. The minimum Gasteiger partial charge on any atom is -0.484 e. The van der Waals surface area contributed by atoms with Crippen LogP contribution in [0.3, 0.4) is 0 Å². The lowest BCUT2D eigenvalue weighted by atomic mass is 10.0. The molecule has 2 amide bonds. The molecular formula is C25H22N2O6S. The van der Waals surface area contributed by atoms with Crippen molar-refractivity contribution in [2.24, 2.45) is 0 Å². The highest BCUT2D eigenvalue weighted by Crippen LogP contribution is 2.51. The zero-order valence-corrected chi connectivity index (χ0v) is 19.0. The molecule has 2 aliphatic heterocycles. The molecule has 0 aromatic heterocycles. The Morgan fingerprint density at radius 3 is 2.44 bits per heavy atom. The van der Waals surface area contributed by atoms with E-state index in [0.29, 0.717) is 16.9 Å². The van der Waals surface area contributed by atoms with E-state index in [9.17, 15) is 19.5 Å². The number of hydrogen-bond acceptors (Lipinski definition) is 7. The van der Waals surface area contributed by atoms with Crippen molar-refractivity contribution in [1.29, 1.82) is 0 Å². The summed E-state index contributed by atoms with van der Waals surface area (Å²) in [5.41, 5.74) is 2.15. The molecule has 1 unspecified atom stereocenters. The number of amides is 2. The molecule has 2 N–H and O–H groups in total. The quantitative estimate of drug-likeness (QED) is 0.481. The number of carbonyl (C=O) groups excluding carboxylic acids is 3. The van der Waals surface area contributed by atoms with E-state index in [1.165, 1.54) is 23.8 Å². The molecule has 0 bridgehead atoms. The van der Waals surface area contributed by atoms with Gasteiger partial charge in [0, 0.05) is 0 Å². The van der Waals surface area contributed by atoms with Gasteiger partial charge < -0.3 is 19.9 Å². The smallest absolute Gasteiger partial charge is 0.355 e. The van der Waals surface area contributed by atoms with Gasteiger partial charge in [0.15, 0.2) is 6.61 Å². The van der Waals surface area contributed by atoms with Gasteiger partial charge in [0.1, 0.15) is 22.9 Å².